The number of nitrogens with zero attached hydrogens (tertiary/aromatic N) is 8. The molecular weight excluding hydrogens is 524 g/mol. The van der Waals surface area contributed by atoms with Gasteiger partial charge in [0, 0.05) is 44.8 Å². The number of hydrogen-bond acceptors (Lipinski definition) is 6. The molecule has 0 saturated heterocycles. The Bertz CT molecular complexity index is 2030. The molecule has 186 valence electrons. The molecule has 0 aliphatic carbocycles. The van der Waals surface area contributed by atoms with Crippen molar-refractivity contribution in [2.75, 3.05) is 0 Å². The molecule has 0 radical (unpaired) electrons. The molecule has 0 saturated carbocycles. The molecule has 0 N–H and O–H groups in total. The van der Waals surface area contributed by atoms with Crippen molar-refractivity contribution in [3.63, 3.8) is 0 Å². The van der Waals surface area contributed by atoms with Crippen molar-refractivity contribution in [1.82, 2.24) is 39.9 Å². The maximum atomic E-state index is 4.95. The molecule has 8 nitrogen and oxygen atoms in total. The molecule has 9 rings (SSSR count). The van der Waals surface area contributed by atoms with Crippen molar-refractivity contribution in [3.05, 3.63) is 97.1 Å². The number of aromatic nitrogens is 8. The molecule has 0 atom stereocenters. The van der Waals surface area contributed by atoms with Gasteiger partial charge < -0.3 is 29.9 Å². The van der Waals surface area contributed by atoms with Crippen LogP contribution in [-0.2, 0) is 0 Å². The van der Waals surface area contributed by atoms with E-state index < -0.39 is 0 Å². The van der Waals surface area contributed by atoms with E-state index in [1.165, 1.54) is 0 Å². The second-order valence-corrected chi connectivity index (χ2v) is 9.67. The molecule has 41 heavy (non-hydrogen) atoms. The second-order valence-electron chi connectivity index (χ2n) is 9.67. The van der Waals surface area contributed by atoms with Crippen molar-refractivity contribution >= 4 is 55.1 Å². The van der Waals surface area contributed by atoms with Crippen LogP contribution in [0.25, 0.3) is 89.7 Å². The molecule has 3 aromatic heterocycles. The van der Waals surface area contributed by atoms with Gasteiger partial charge >= 0.3 is 11.0 Å². The van der Waals surface area contributed by atoms with Crippen molar-refractivity contribution in [3.8, 4) is 45.6 Å². The largest absolute Gasteiger partial charge is 4.00 e. The van der Waals surface area contributed by atoms with Crippen LogP contribution in [0.4, 0.5) is 0 Å². The van der Waals surface area contributed by atoms with Crippen LogP contribution in [0.1, 0.15) is 0 Å². The average Bonchev–Trinajstić information content (AvgIpc) is 3.73. The Morgan fingerprint density at radius 2 is 0.561 bits per heavy atom. The number of fused-ring (bicyclic) bond motifs is 20. The topological polar surface area (TPSA) is 106 Å². The molecule has 0 spiro atoms. The van der Waals surface area contributed by atoms with Gasteiger partial charge in [-0.3, -0.25) is 0 Å². The standard InChI is InChI=1S/C32H16N8.Si/c1-2-10-18-17(9-1)25-33-26(18)38-28-21-13-5-6-14-22(21)30(35-28)40-32-24-16-8-7-15-23(24)31(36-32)39-29-20-12-4-3-11-19(20)27(34-29)37-25;/h1-16H;/q-2;+4. The predicted molar refractivity (Wildman–Crippen MR) is 160 cm³/mol. The summed E-state index contributed by atoms with van der Waals surface area (Å²) in [5, 5.41) is 3.57. The first kappa shape index (κ1) is 23.4. The van der Waals surface area contributed by atoms with Gasteiger partial charge in [-0.25, -0.2) is 9.97 Å². The van der Waals surface area contributed by atoms with E-state index in [4.69, 9.17) is 39.9 Å². The summed E-state index contributed by atoms with van der Waals surface area (Å²) in [6.07, 6.45) is 0. The summed E-state index contributed by atoms with van der Waals surface area (Å²) >= 11 is 0. The number of benzene rings is 4. The van der Waals surface area contributed by atoms with E-state index in [0.717, 1.165) is 43.8 Å². The molecule has 2 aliphatic heterocycles. The molecule has 2 aliphatic rings. The minimum absolute atomic E-state index is 0. The molecule has 0 amide bonds. The maximum Gasteiger partial charge on any atom is 4.00 e. The third-order valence-corrected chi connectivity index (χ3v) is 7.33. The van der Waals surface area contributed by atoms with Crippen LogP contribution in [0.3, 0.4) is 0 Å². The average molecular weight is 541 g/mol. The Morgan fingerprint density at radius 1 is 0.317 bits per heavy atom. The van der Waals surface area contributed by atoms with Crippen molar-refractivity contribution in [2.45, 2.75) is 0 Å². The number of rotatable bonds is 0. The summed E-state index contributed by atoms with van der Waals surface area (Å²) in [5.41, 5.74) is 5.78. The van der Waals surface area contributed by atoms with Gasteiger partial charge in [0.15, 0.2) is 0 Å². The van der Waals surface area contributed by atoms with Crippen LogP contribution in [0.2, 0.25) is 0 Å². The van der Waals surface area contributed by atoms with Crippen molar-refractivity contribution in [2.24, 2.45) is 0 Å². The van der Waals surface area contributed by atoms with Crippen LogP contribution in [0.15, 0.2) is 97.1 Å². The molecule has 7 aromatic rings. The Balaban J connectivity index is 0.00000256. The summed E-state index contributed by atoms with van der Waals surface area (Å²) in [6, 6.07) is 31.8. The SMILES string of the molecule is [Si+4].c1ccc2c(c1)-c1nc-2nc2[n-]c(nc3nc(nc4[n-]c(n1)c1ccccc41)-c1ccccc1-3)c1ccccc21. The van der Waals surface area contributed by atoms with E-state index in [1.54, 1.807) is 0 Å². The van der Waals surface area contributed by atoms with E-state index in [2.05, 4.69) is 0 Å². The zero-order chi connectivity index (χ0) is 26.2. The van der Waals surface area contributed by atoms with Gasteiger partial charge in [0.25, 0.3) is 0 Å². The Morgan fingerprint density at radius 3 is 0.829 bits per heavy atom. The Hall–Kier alpha value is -5.54. The summed E-state index contributed by atoms with van der Waals surface area (Å²) in [7, 11) is 0. The fourth-order valence-electron chi connectivity index (χ4n) is 5.46. The van der Waals surface area contributed by atoms with Crippen LogP contribution in [-0.4, -0.2) is 40.9 Å². The maximum absolute atomic E-state index is 4.95. The quantitative estimate of drug-likeness (QED) is 0.224. The van der Waals surface area contributed by atoms with E-state index in [9.17, 15) is 0 Å². The van der Waals surface area contributed by atoms with Crippen LogP contribution >= 0.6 is 0 Å². The minimum atomic E-state index is 0. The molecular formula is C32H16N8Si+2. The van der Waals surface area contributed by atoms with Gasteiger partial charge in [-0.15, -0.1) is 0 Å². The fraction of sp³-hybridized carbons (Fsp3) is 0. The van der Waals surface area contributed by atoms with Crippen molar-refractivity contribution in [1.29, 1.82) is 0 Å². The number of hydrogen-bond donors (Lipinski definition) is 0. The monoisotopic (exact) mass is 540 g/mol. The molecule has 5 heterocycles. The second kappa shape index (κ2) is 8.73. The molecule has 9 heteroatoms. The molecule has 8 bridgehead atoms. The van der Waals surface area contributed by atoms with Gasteiger partial charge in [-0.2, -0.15) is 0 Å². The zero-order valence-electron chi connectivity index (χ0n) is 21.3. The predicted octanol–water partition coefficient (Wildman–Crippen LogP) is 5.75. The van der Waals surface area contributed by atoms with Gasteiger partial charge in [0.1, 0.15) is 0 Å². The van der Waals surface area contributed by atoms with Crippen LogP contribution in [0, 0.1) is 0 Å². The summed E-state index contributed by atoms with van der Waals surface area (Å²) in [6.45, 7) is 0. The zero-order valence-corrected chi connectivity index (χ0v) is 22.3. The normalized spacial score (nSPS) is 11.7. The van der Waals surface area contributed by atoms with Gasteiger partial charge in [0.05, 0.1) is 23.3 Å². The van der Waals surface area contributed by atoms with Gasteiger partial charge in [-0.1, -0.05) is 97.1 Å². The molecule has 0 unspecified atom stereocenters. The first-order chi connectivity index (χ1) is 19.8. The summed E-state index contributed by atoms with van der Waals surface area (Å²) < 4.78 is 0. The first-order valence-electron chi connectivity index (χ1n) is 12.9. The molecule has 4 aromatic carbocycles. The van der Waals surface area contributed by atoms with Crippen LogP contribution < -0.4 is 9.97 Å². The van der Waals surface area contributed by atoms with Gasteiger partial charge in [0.2, 0.25) is 0 Å². The minimum Gasteiger partial charge on any atom is -0.357 e. The van der Waals surface area contributed by atoms with Crippen molar-refractivity contribution < 1.29 is 0 Å². The Kier molecular flexibility index (Phi) is 4.97. The molecule has 0 fully saturated rings. The summed E-state index contributed by atoms with van der Waals surface area (Å²) in [5.74, 6) is 2.21. The van der Waals surface area contributed by atoms with Gasteiger partial charge in [-0.05, 0) is 21.5 Å². The first-order valence-corrected chi connectivity index (χ1v) is 12.9. The van der Waals surface area contributed by atoms with Crippen LogP contribution in [0.5, 0.6) is 0 Å². The van der Waals surface area contributed by atoms with E-state index in [0.29, 0.717) is 45.9 Å². The summed E-state index contributed by atoms with van der Waals surface area (Å²) in [4.78, 5) is 39.3. The third kappa shape index (κ3) is 3.46. The van der Waals surface area contributed by atoms with E-state index >= 15 is 0 Å². The van der Waals surface area contributed by atoms with E-state index in [-0.39, 0.29) is 11.0 Å². The third-order valence-electron chi connectivity index (χ3n) is 7.33. The van der Waals surface area contributed by atoms with E-state index in [1.807, 2.05) is 97.1 Å². The fourth-order valence-corrected chi connectivity index (χ4v) is 5.46. The Labute approximate surface area is 237 Å². The smallest absolute Gasteiger partial charge is 0.357 e.